The summed E-state index contributed by atoms with van der Waals surface area (Å²) in [5.41, 5.74) is 2.49. The fraction of sp³-hybridized carbons (Fsp3) is 0.389. The Labute approximate surface area is 130 Å². The fourth-order valence-corrected chi connectivity index (χ4v) is 3.13. The second-order valence-electron chi connectivity index (χ2n) is 6.27. The first kappa shape index (κ1) is 13.6. The van der Waals surface area contributed by atoms with Crippen molar-refractivity contribution in [1.82, 2.24) is 9.88 Å². The predicted octanol–water partition coefficient (Wildman–Crippen LogP) is 3.05. The molecule has 1 unspecified atom stereocenters. The van der Waals surface area contributed by atoms with Gasteiger partial charge in [-0.25, -0.2) is 4.98 Å². The van der Waals surface area contributed by atoms with Gasteiger partial charge in [-0.1, -0.05) is 31.2 Å². The van der Waals surface area contributed by atoms with Gasteiger partial charge >= 0.3 is 0 Å². The van der Waals surface area contributed by atoms with E-state index in [1.165, 1.54) is 18.7 Å². The van der Waals surface area contributed by atoms with Gasteiger partial charge in [-0.15, -0.1) is 0 Å². The number of likely N-dealkylation sites (tertiary alicyclic amines) is 1. The van der Waals surface area contributed by atoms with E-state index in [0.29, 0.717) is 12.5 Å². The summed E-state index contributed by atoms with van der Waals surface area (Å²) < 4.78 is 11.7. The lowest BCUT2D eigenvalue weighted by molar-refractivity contribution is 0.0849. The number of hydrogen-bond donors (Lipinski definition) is 0. The van der Waals surface area contributed by atoms with Crippen molar-refractivity contribution in [3.05, 3.63) is 53.7 Å². The third-order valence-electron chi connectivity index (χ3n) is 4.28. The molecule has 4 rings (SSSR count). The molecule has 1 saturated heterocycles. The Morgan fingerprint density at radius 1 is 1.18 bits per heavy atom. The standard InChI is InChI=1S/C18H20N2O2/c1-13-9-20(10-13)11-14-4-6-15(7-5-14)17-12-21-16-3-2-8-19-18(16)22-17/h2-8,13,17H,9-12H2,1H3. The lowest BCUT2D eigenvalue weighted by Crippen LogP contribution is -2.44. The highest BCUT2D eigenvalue weighted by atomic mass is 16.6. The van der Waals surface area contributed by atoms with Crippen LogP contribution in [0.4, 0.5) is 0 Å². The normalized spacial score (nSPS) is 21.4. The van der Waals surface area contributed by atoms with Crippen molar-refractivity contribution in [2.45, 2.75) is 19.6 Å². The molecule has 0 N–H and O–H groups in total. The van der Waals surface area contributed by atoms with Gasteiger partial charge in [-0.2, -0.15) is 0 Å². The molecule has 0 bridgehead atoms. The molecule has 3 heterocycles. The zero-order chi connectivity index (χ0) is 14.9. The van der Waals surface area contributed by atoms with Crippen molar-refractivity contribution in [2.75, 3.05) is 19.7 Å². The minimum atomic E-state index is -0.0829. The first-order valence-corrected chi connectivity index (χ1v) is 7.83. The second-order valence-corrected chi connectivity index (χ2v) is 6.27. The maximum atomic E-state index is 5.94. The van der Waals surface area contributed by atoms with Crippen molar-refractivity contribution in [1.29, 1.82) is 0 Å². The molecule has 1 atom stereocenters. The van der Waals surface area contributed by atoms with Gasteiger partial charge in [0.1, 0.15) is 6.61 Å². The van der Waals surface area contributed by atoms with Crippen LogP contribution in [0, 0.1) is 5.92 Å². The highest BCUT2D eigenvalue weighted by Crippen LogP contribution is 2.34. The molecular formula is C18H20N2O2. The third kappa shape index (κ3) is 2.66. The number of aromatic nitrogens is 1. The first-order chi connectivity index (χ1) is 10.8. The minimum absolute atomic E-state index is 0.0829. The number of rotatable bonds is 3. The van der Waals surface area contributed by atoms with Crippen molar-refractivity contribution in [3.8, 4) is 11.6 Å². The summed E-state index contributed by atoms with van der Waals surface area (Å²) in [5.74, 6) is 2.15. The van der Waals surface area contributed by atoms with Gasteiger partial charge in [0.15, 0.2) is 11.9 Å². The van der Waals surface area contributed by atoms with Crippen LogP contribution in [-0.4, -0.2) is 29.6 Å². The third-order valence-corrected chi connectivity index (χ3v) is 4.28. The van der Waals surface area contributed by atoms with E-state index < -0.39 is 0 Å². The van der Waals surface area contributed by atoms with Gasteiger partial charge in [0.05, 0.1) is 0 Å². The fourth-order valence-electron chi connectivity index (χ4n) is 3.13. The molecule has 0 spiro atoms. The summed E-state index contributed by atoms with van der Waals surface area (Å²) in [4.78, 5) is 6.70. The van der Waals surface area contributed by atoms with E-state index >= 15 is 0 Å². The van der Waals surface area contributed by atoms with Crippen LogP contribution in [0.15, 0.2) is 42.6 Å². The first-order valence-electron chi connectivity index (χ1n) is 7.83. The number of nitrogens with zero attached hydrogens (tertiary/aromatic N) is 2. The van der Waals surface area contributed by atoms with Crippen LogP contribution in [0.1, 0.15) is 24.2 Å². The van der Waals surface area contributed by atoms with Crippen LogP contribution in [0.5, 0.6) is 11.6 Å². The molecule has 22 heavy (non-hydrogen) atoms. The van der Waals surface area contributed by atoms with Gasteiger partial charge in [-0.05, 0) is 29.2 Å². The van der Waals surface area contributed by atoms with Crippen LogP contribution < -0.4 is 9.47 Å². The zero-order valence-electron chi connectivity index (χ0n) is 12.7. The number of benzene rings is 1. The second kappa shape index (κ2) is 5.61. The minimum Gasteiger partial charge on any atom is -0.484 e. The maximum Gasteiger partial charge on any atom is 0.257 e. The van der Waals surface area contributed by atoms with Crippen molar-refractivity contribution < 1.29 is 9.47 Å². The maximum absolute atomic E-state index is 5.94. The lowest BCUT2D eigenvalue weighted by Gasteiger charge is -2.37. The number of ether oxygens (including phenoxy) is 2. The summed E-state index contributed by atoms with van der Waals surface area (Å²) in [6.45, 7) is 6.29. The average molecular weight is 296 g/mol. The lowest BCUT2D eigenvalue weighted by atomic mass is 10.0. The Bertz CT molecular complexity index is 650. The van der Waals surface area contributed by atoms with Gasteiger partial charge in [0, 0.05) is 25.8 Å². The van der Waals surface area contributed by atoms with E-state index in [1.54, 1.807) is 6.20 Å². The van der Waals surface area contributed by atoms with Crippen molar-refractivity contribution in [3.63, 3.8) is 0 Å². The summed E-state index contributed by atoms with van der Waals surface area (Å²) in [5, 5.41) is 0. The molecule has 1 fully saturated rings. The van der Waals surface area contributed by atoms with Gasteiger partial charge < -0.3 is 9.47 Å². The van der Waals surface area contributed by atoms with Crippen LogP contribution in [0.25, 0.3) is 0 Å². The molecular weight excluding hydrogens is 276 g/mol. The molecule has 0 radical (unpaired) electrons. The van der Waals surface area contributed by atoms with Crippen molar-refractivity contribution >= 4 is 0 Å². The molecule has 2 aliphatic rings. The summed E-state index contributed by atoms with van der Waals surface area (Å²) in [6.07, 6.45) is 1.64. The zero-order valence-corrected chi connectivity index (χ0v) is 12.7. The van der Waals surface area contributed by atoms with Crippen LogP contribution in [0.2, 0.25) is 0 Å². The smallest absolute Gasteiger partial charge is 0.257 e. The average Bonchev–Trinajstić information content (AvgIpc) is 2.54. The number of pyridine rings is 1. The summed E-state index contributed by atoms with van der Waals surface area (Å²) >= 11 is 0. The molecule has 0 aliphatic carbocycles. The van der Waals surface area contributed by atoms with Gasteiger partial charge in [-0.3, -0.25) is 4.90 Å². The monoisotopic (exact) mass is 296 g/mol. The van der Waals surface area contributed by atoms with E-state index in [2.05, 4.69) is 41.1 Å². The topological polar surface area (TPSA) is 34.6 Å². The number of fused-ring (bicyclic) bond motifs is 1. The molecule has 2 aromatic rings. The van der Waals surface area contributed by atoms with Crippen LogP contribution >= 0.6 is 0 Å². The molecule has 4 heteroatoms. The Morgan fingerprint density at radius 2 is 2.00 bits per heavy atom. The molecule has 0 saturated carbocycles. The Hall–Kier alpha value is -2.07. The predicted molar refractivity (Wildman–Crippen MR) is 84.0 cm³/mol. The SMILES string of the molecule is CC1CN(Cc2ccc(C3COc4cccnc4O3)cc2)C1. The Balaban J connectivity index is 1.43. The molecule has 1 aromatic heterocycles. The molecule has 0 amide bonds. The molecule has 2 aliphatic heterocycles. The molecule has 4 nitrogen and oxygen atoms in total. The van der Waals surface area contributed by atoms with E-state index in [0.717, 1.165) is 23.8 Å². The Morgan fingerprint density at radius 3 is 2.77 bits per heavy atom. The quantitative estimate of drug-likeness (QED) is 0.872. The largest absolute Gasteiger partial charge is 0.484 e. The summed E-state index contributed by atoms with van der Waals surface area (Å²) in [6, 6.07) is 12.4. The van der Waals surface area contributed by atoms with E-state index in [1.807, 2.05) is 12.1 Å². The highest BCUT2D eigenvalue weighted by molar-refractivity contribution is 5.35. The van der Waals surface area contributed by atoms with Gasteiger partial charge in [0.25, 0.3) is 5.88 Å². The van der Waals surface area contributed by atoms with E-state index in [-0.39, 0.29) is 6.10 Å². The van der Waals surface area contributed by atoms with Crippen LogP contribution in [0.3, 0.4) is 0 Å². The Kier molecular flexibility index (Phi) is 3.47. The van der Waals surface area contributed by atoms with Crippen molar-refractivity contribution in [2.24, 2.45) is 5.92 Å². The number of hydrogen-bond acceptors (Lipinski definition) is 4. The van der Waals surface area contributed by atoms with Crippen LogP contribution in [-0.2, 0) is 6.54 Å². The highest BCUT2D eigenvalue weighted by Gasteiger charge is 2.24. The molecule has 1 aromatic carbocycles. The molecule has 114 valence electrons. The van der Waals surface area contributed by atoms with E-state index in [9.17, 15) is 0 Å². The van der Waals surface area contributed by atoms with E-state index in [4.69, 9.17) is 9.47 Å². The summed E-state index contributed by atoms with van der Waals surface area (Å²) in [7, 11) is 0. The van der Waals surface area contributed by atoms with Gasteiger partial charge in [0.2, 0.25) is 0 Å².